The molecule has 0 N–H and O–H groups in total. The van der Waals surface area contributed by atoms with Crippen LogP contribution in [0.5, 0.6) is 0 Å². The van der Waals surface area contributed by atoms with Crippen LogP contribution >= 0.6 is 0 Å². The minimum Gasteiger partial charge on any atom is -0.466 e. The van der Waals surface area contributed by atoms with Crippen LogP contribution in [0.1, 0.15) is 73.8 Å². The second-order valence-corrected chi connectivity index (χ2v) is 11.8. The van der Waals surface area contributed by atoms with Gasteiger partial charge in [0.25, 0.3) is 0 Å². The van der Waals surface area contributed by atoms with E-state index in [9.17, 15) is 4.79 Å². The summed E-state index contributed by atoms with van der Waals surface area (Å²) >= 11 is 0. The maximum atomic E-state index is 11.6. The van der Waals surface area contributed by atoms with Crippen LogP contribution in [-0.2, 0) is 32.1 Å². The summed E-state index contributed by atoms with van der Waals surface area (Å²) < 4.78 is 24.6. The molecule has 2 fully saturated rings. The summed E-state index contributed by atoms with van der Waals surface area (Å²) in [5.41, 5.74) is 4.89. The SMILES string of the molecule is CCOC(=O)CC1CN(Cc2ccc(C#Cc3ccc(-c4cc(Cn5ccnc5C(C)OC5CCCCO5)no4)cc3)cc2)C1. The molecule has 45 heavy (non-hydrogen) atoms. The van der Waals surface area contributed by atoms with E-state index >= 15 is 0 Å². The lowest BCUT2D eigenvalue weighted by atomic mass is 9.95. The monoisotopic (exact) mass is 608 g/mol. The lowest BCUT2D eigenvalue weighted by molar-refractivity contribution is -0.188. The highest BCUT2D eigenvalue weighted by molar-refractivity contribution is 5.69. The number of rotatable bonds is 11. The molecule has 234 valence electrons. The third-order valence-corrected chi connectivity index (χ3v) is 8.17. The lowest BCUT2D eigenvalue weighted by Crippen LogP contribution is -2.46. The third-order valence-electron chi connectivity index (χ3n) is 8.17. The summed E-state index contributed by atoms with van der Waals surface area (Å²) in [6.45, 7) is 8.32. The molecule has 2 unspecified atom stereocenters. The number of carbonyl (C=O) groups is 1. The van der Waals surface area contributed by atoms with E-state index in [0.717, 1.165) is 73.7 Å². The van der Waals surface area contributed by atoms with Gasteiger partial charge in [-0.2, -0.15) is 0 Å². The predicted octanol–water partition coefficient (Wildman–Crippen LogP) is 5.98. The summed E-state index contributed by atoms with van der Waals surface area (Å²) in [5, 5.41) is 4.30. The van der Waals surface area contributed by atoms with Gasteiger partial charge in [-0.05, 0) is 81.0 Å². The van der Waals surface area contributed by atoms with E-state index in [4.69, 9.17) is 18.7 Å². The van der Waals surface area contributed by atoms with Crippen molar-refractivity contribution >= 4 is 5.97 Å². The van der Waals surface area contributed by atoms with Gasteiger partial charge < -0.3 is 23.3 Å². The number of esters is 1. The highest BCUT2D eigenvalue weighted by Crippen LogP contribution is 2.25. The van der Waals surface area contributed by atoms with E-state index in [1.807, 2.05) is 54.9 Å². The van der Waals surface area contributed by atoms with Gasteiger partial charge in [0.05, 0.1) is 19.6 Å². The van der Waals surface area contributed by atoms with Crippen LogP contribution in [0.25, 0.3) is 11.3 Å². The minimum atomic E-state index is -0.190. The number of aromatic nitrogens is 3. The quantitative estimate of drug-likeness (QED) is 0.152. The van der Waals surface area contributed by atoms with Gasteiger partial charge in [-0.1, -0.05) is 29.1 Å². The predicted molar refractivity (Wildman–Crippen MR) is 169 cm³/mol. The Balaban J connectivity index is 0.993. The van der Waals surface area contributed by atoms with Crippen LogP contribution in [-0.4, -0.2) is 58.2 Å². The summed E-state index contributed by atoms with van der Waals surface area (Å²) in [7, 11) is 0. The van der Waals surface area contributed by atoms with E-state index in [1.165, 1.54) is 5.56 Å². The number of benzene rings is 2. The zero-order valence-electron chi connectivity index (χ0n) is 26.0. The van der Waals surface area contributed by atoms with Crippen molar-refractivity contribution in [3.05, 3.63) is 95.2 Å². The number of hydrogen-bond donors (Lipinski definition) is 0. The Labute approximate surface area is 264 Å². The first-order valence-corrected chi connectivity index (χ1v) is 15.9. The summed E-state index contributed by atoms with van der Waals surface area (Å²) in [6, 6.07) is 18.3. The van der Waals surface area contributed by atoms with Gasteiger partial charge >= 0.3 is 5.97 Å². The van der Waals surface area contributed by atoms with Crippen LogP contribution in [0.15, 0.2) is 71.5 Å². The molecule has 2 aromatic carbocycles. The van der Waals surface area contributed by atoms with Gasteiger partial charge in [0.2, 0.25) is 0 Å². The van der Waals surface area contributed by atoms with Gasteiger partial charge in [-0.3, -0.25) is 9.69 Å². The van der Waals surface area contributed by atoms with Crippen LogP contribution in [0.2, 0.25) is 0 Å². The first kappa shape index (κ1) is 30.8. The molecule has 0 saturated carbocycles. The minimum absolute atomic E-state index is 0.0931. The molecule has 9 heteroatoms. The molecule has 6 rings (SSSR count). The molecule has 2 saturated heterocycles. The van der Waals surface area contributed by atoms with Gasteiger partial charge in [0.1, 0.15) is 17.6 Å². The number of ether oxygens (including phenoxy) is 3. The van der Waals surface area contributed by atoms with Crippen LogP contribution in [0, 0.1) is 17.8 Å². The normalized spacial score (nSPS) is 17.7. The van der Waals surface area contributed by atoms with Crippen molar-refractivity contribution in [1.82, 2.24) is 19.6 Å². The second kappa shape index (κ2) is 14.7. The van der Waals surface area contributed by atoms with E-state index in [1.54, 1.807) is 6.20 Å². The van der Waals surface area contributed by atoms with Crippen molar-refractivity contribution in [1.29, 1.82) is 0 Å². The zero-order valence-corrected chi connectivity index (χ0v) is 26.0. The highest BCUT2D eigenvalue weighted by atomic mass is 16.7. The smallest absolute Gasteiger partial charge is 0.306 e. The summed E-state index contributed by atoms with van der Waals surface area (Å²) in [4.78, 5) is 18.5. The van der Waals surface area contributed by atoms with Crippen LogP contribution in [0.3, 0.4) is 0 Å². The number of hydrogen-bond acceptors (Lipinski definition) is 8. The van der Waals surface area contributed by atoms with Crippen molar-refractivity contribution in [3.8, 4) is 23.2 Å². The average molecular weight is 609 g/mol. The van der Waals surface area contributed by atoms with E-state index < -0.39 is 0 Å². The number of imidazole rings is 1. The molecule has 0 spiro atoms. The topological polar surface area (TPSA) is 91.9 Å². The fourth-order valence-corrected chi connectivity index (χ4v) is 5.82. The van der Waals surface area contributed by atoms with E-state index in [2.05, 4.69) is 51.1 Å². The molecule has 0 radical (unpaired) electrons. The van der Waals surface area contributed by atoms with Crippen molar-refractivity contribution in [3.63, 3.8) is 0 Å². The van der Waals surface area contributed by atoms with Gasteiger partial charge in [-0.15, -0.1) is 0 Å². The Bertz CT molecular complexity index is 1600. The molecule has 2 atom stereocenters. The van der Waals surface area contributed by atoms with Crippen molar-refractivity contribution < 1.29 is 23.5 Å². The number of carbonyl (C=O) groups excluding carboxylic acids is 1. The fraction of sp³-hybridized carbons (Fsp3) is 0.417. The molecule has 0 aliphatic carbocycles. The molecule has 4 aromatic rings. The van der Waals surface area contributed by atoms with Crippen LogP contribution in [0.4, 0.5) is 0 Å². The first-order valence-electron chi connectivity index (χ1n) is 15.9. The molecule has 0 amide bonds. The standard InChI is InChI=1S/C36H40N4O5/c1-3-42-34(41)20-30-23-39(24-30)22-29-11-9-27(10-12-29)7-8-28-13-15-31(16-14-28)33-21-32(38-45-33)25-40-18-17-37-36(40)26(2)44-35-6-4-5-19-43-35/h9-18,21,26,30,35H,3-6,19-20,22-25H2,1-2H3. The maximum absolute atomic E-state index is 11.6. The third kappa shape index (κ3) is 8.28. The molecular weight excluding hydrogens is 568 g/mol. The Morgan fingerprint density at radius 3 is 2.51 bits per heavy atom. The highest BCUT2D eigenvalue weighted by Gasteiger charge is 2.29. The lowest BCUT2D eigenvalue weighted by Gasteiger charge is -2.38. The van der Waals surface area contributed by atoms with Crippen molar-refractivity contribution in [2.24, 2.45) is 5.92 Å². The molecule has 9 nitrogen and oxygen atoms in total. The van der Waals surface area contributed by atoms with E-state index in [0.29, 0.717) is 31.3 Å². The Morgan fingerprint density at radius 2 is 1.80 bits per heavy atom. The number of nitrogens with zero attached hydrogens (tertiary/aromatic N) is 4. The van der Waals surface area contributed by atoms with Gasteiger partial charge in [0.15, 0.2) is 12.1 Å². The second-order valence-electron chi connectivity index (χ2n) is 11.8. The largest absolute Gasteiger partial charge is 0.466 e. The number of likely N-dealkylation sites (tertiary alicyclic amines) is 1. The summed E-state index contributed by atoms with van der Waals surface area (Å²) in [5.74, 6) is 8.37. The molecule has 2 aliphatic rings. The zero-order chi connectivity index (χ0) is 31.0. The average Bonchev–Trinajstić information content (AvgIpc) is 3.71. The molecule has 2 aliphatic heterocycles. The fourth-order valence-electron chi connectivity index (χ4n) is 5.82. The Hall–Kier alpha value is -4.23. The maximum Gasteiger partial charge on any atom is 0.306 e. The van der Waals surface area contributed by atoms with Gasteiger partial charge in [0, 0.05) is 61.4 Å². The Morgan fingerprint density at radius 1 is 1.04 bits per heavy atom. The Kier molecular flexibility index (Phi) is 10.1. The van der Waals surface area contributed by atoms with Crippen LogP contribution < -0.4 is 0 Å². The first-order chi connectivity index (χ1) is 22.0. The van der Waals surface area contributed by atoms with Gasteiger partial charge in [-0.25, -0.2) is 4.98 Å². The van der Waals surface area contributed by atoms with Crippen molar-refractivity contribution in [2.45, 2.75) is 65.0 Å². The molecule has 4 heterocycles. The molecular formula is C36H40N4O5. The molecule has 0 bridgehead atoms. The van der Waals surface area contributed by atoms with Crippen molar-refractivity contribution in [2.75, 3.05) is 26.3 Å². The van der Waals surface area contributed by atoms with E-state index in [-0.39, 0.29) is 18.4 Å². The summed E-state index contributed by atoms with van der Waals surface area (Å²) in [6.07, 6.45) is 6.99. The molecule has 2 aromatic heterocycles.